The van der Waals surface area contributed by atoms with E-state index in [0.29, 0.717) is 6.54 Å². The van der Waals surface area contributed by atoms with Gasteiger partial charge in [0.1, 0.15) is 5.75 Å². The molecule has 0 fully saturated rings. The Morgan fingerprint density at radius 2 is 2.00 bits per heavy atom. The van der Waals surface area contributed by atoms with Gasteiger partial charge in [-0.3, -0.25) is 4.98 Å². The quantitative estimate of drug-likeness (QED) is 0.736. The van der Waals surface area contributed by atoms with Gasteiger partial charge in [-0.1, -0.05) is 0 Å². The zero-order valence-corrected chi connectivity index (χ0v) is 14.5. The van der Waals surface area contributed by atoms with Crippen LogP contribution in [0.25, 0.3) is 5.69 Å². The summed E-state index contributed by atoms with van der Waals surface area (Å²) in [5.74, 6) is 0.834. The first kappa shape index (κ1) is 15.6. The molecule has 23 heavy (non-hydrogen) atoms. The molecule has 0 aliphatic carbocycles. The van der Waals surface area contributed by atoms with Gasteiger partial charge in [-0.2, -0.15) is 5.10 Å². The van der Waals surface area contributed by atoms with Crippen LogP contribution in [-0.2, 0) is 6.54 Å². The van der Waals surface area contributed by atoms with Crippen molar-refractivity contribution >= 4 is 21.6 Å². The van der Waals surface area contributed by atoms with Crippen molar-refractivity contribution in [2.75, 3.05) is 12.4 Å². The topological polar surface area (TPSA) is 52.0 Å². The lowest BCUT2D eigenvalue weighted by molar-refractivity contribution is 0.414. The molecular weight excluding hydrogens is 356 g/mol. The average Bonchev–Trinajstić information content (AvgIpc) is 3.05. The van der Waals surface area contributed by atoms with Gasteiger partial charge < -0.3 is 10.1 Å². The molecule has 2 heterocycles. The zero-order chi connectivity index (χ0) is 16.2. The van der Waals surface area contributed by atoms with E-state index in [2.05, 4.69) is 31.3 Å². The number of hydrogen-bond donors (Lipinski definition) is 1. The minimum absolute atomic E-state index is 0.688. The van der Waals surface area contributed by atoms with Crippen molar-refractivity contribution in [3.8, 4) is 11.4 Å². The summed E-state index contributed by atoms with van der Waals surface area (Å²) in [6.45, 7) is 2.65. The molecule has 1 aromatic carbocycles. The SMILES string of the molecule is COc1ccc(-n2cc(CNc3cnc(C)c(Br)c3)cn2)cc1. The highest BCUT2D eigenvalue weighted by Crippen LogP contribution is 2.19. The molecule has 0 aliphatic rings. The van der Waals surface area contributed by atoms with Crippen LogP contribution >= 0.6 is 15.9 Å². The van der Waals surface area contributed by atoms with Crippen LogP contribution in [0.3, 0.4) is 0 Å². The summed E-state index contributed by atoms with van der Waals surface area (Å²) < 4.78 is 8.01. The Morgan fingerprint density at radius 1 is 1.22 bits per heavy atom. The summed E-state index contributed by atoms with van der Waals surface area (Å²) >= 11 is 3.49. The summed E-state index contributed by atoms with van der Waals surface area (Å²) in [6.07, 6.45) is 5.69. The highest BCUT2D eigenvalue weighted by atomic mass is 79.9. The lowest BCUT2D eigenvalue weighted by atomic mass is 10.3. The molecule has 6 heteroatoms. The highest BCUT2D eigenvalue weighted by Gasteiger charge is 2.03. The second-order valence-electron chi connectivity index (χ2n) is 5.14. The van der Waals surface area contributed by atoms with E-state index < -0.39 is 0 Å². The van der Waals surface area contributed by atoms with E-state index in [1.165, 1.54) is 0 Å². The largest absolute Gasteiger partial charge is 0.497 e. The lowest BCUT2D eigenvalue weighted by Crippen LogP contribution is -2.00. The molecule has 0 unspecified atom stereocenters. The number of nitrogens with zero attached hydrogens (tertiary/aromatic N) is 3. The molecule has 0 aliphatic heterocycles. The lowest BCUT2D eigenvalue weighted by Gasteiger charge is -2.06. The van der Waals surface area contributed by atoms with Gasteiger partial charge in [0, 0.05) is 22.8 Å². The van der Waals surface area contributed by atoms with Crippen LogP contribution in [-0.4, -0.2) is 21.9 Å². The first-order chi connectivity index (χ1) is 11.2. The highest BCUT2D eigenvalue weighted by molar-refractivity contribution is 9.10. The second-order valence-corrected chi connectivity index (χ2v) is 5.99. The molecule has 0 amide bonds. The number of pyridine rings is 1. The van der Waals surface area contributed by atoms with Crippen LogP contribution in [0.2, 0.25) is 0 Å². The van der Waals surface area contributed by atoms with E-state index in [4.69, 9.17) is 4.74 Å². The number of methoxy groups -OCH3 is 1. The number of hydrogen-bond acceptors (Lipinski definition) is 4. The Hall–Kier alpha value is -2.34. The number of benzene rings is 1. The summed E-state index contributed by atoms with van der Waals surface area (Å²) in [6, 6.07) is 9.82. The maximum absolute atomic E-state index is 5.17. The number of aryl methyl sites for hydroxylation is 1. The Kier molecular flexibility index (Phi) is 4.62. The summed E-state index contributed by atoms with van der Waals surface area (Å²) in [5, 5.41) is 7.74. The van der Waals surface area contributed by atoms with Gasteiger partial charge in [-0.25, -0.2) is 4.68 Å². The molecule has 0 atom stereocenters. The molecule has 5 nitrogen and oxygen atoms in total. The Balaban J connectivity index is 1.67. The smallest absolute Gasteiger partial charge is 0.119 e. The van der Waals surface area contributed by atoms with Gasteiger partial charge in [-0.05, 0) is 53.2 Å². The monoisotopic (exact) mass is 372 g/mol. The molecule has 0 radical (unpaired) electrons. The molecular formula is C17H17BrN4O. The molecule has 0 saturated carbocycles. The Morgan fingerprint density at radius 3 is 2.70 bits per heavy atom. The van der Waals surface area contributed by atoms with Crippen molar-refractivity contribution < 1.29 is 4.74 Å². The van der Waals surface area contributed by atoms with E-state index in [1.807, 2.05) is 60.5 Å². The molecule has 0 spiro atoms. The summed E-state index contributed by atoms with van der Waals surface area (Å²) in [5.41, 5.74) is 4.04. The number of anilines is 1. The van der Waals surface area contributed by atoms with E-state index in [0.717, 1.165) is 32.9 Å². The fraction of sp³-hybridized carbons (Fsp3) is 0.176. The Bertz CT molecular complexity index is 799. The van der Waals surface area contributed by atoms with Gasteiger partial charge in [0.15, 0.2) is 0 Å². The van der Waals surface area contributed by atoms with Crippen LogP contribution in [0.5, 0.6) is 5.75 Å². The first-order valence-electron chi connectivity index (χ1n) is 7.20. The molecule has 1 N–H and O–H groups in total. The van der Waals surface area contributed by atoms with Crippen LogP contribution in [0.1, 0.15) is 11.3 Å². The van der Waals surface area contributed by atoms with Crippen molar-refractivity contribution in [3.05, 3.63) is 64.7 Å². The van der Waals surface area contributed by atoms with Crippen molar-refractivity contribution in [2.45, 2.75) is 13.5 Å². The van der Waals surface area contributed by atoms with Gasteiger partial charge >= 0.3 is 0 Å². The number of ether oxygens (including phenoxy) is 1. The molecule has 0 bridgehead atoms. The van der Waals surface area contributed by atoms with E-state index >= 15 is 0 Å². The predicted molar refractivity (Wildman–Crippen MR) is 94.1 cm³/mol. The fourth-order valence-corrected chi connectivity index (χ4v) is 2.48. The maximum Gasteiger partial charge on any atom is 0.119 e. The van der Waals surface area contributed by atoms with Gasteiger partial charge in [-0.15, -0.1) is 0 Å². The normalized spacial score (nSPS) is 10.6. The third kappa shape index (κ3) is 3.71. The van der Waals surface area contributed by atoms with E-state index in [-0.39, 0.29) is 0 Å². The van der Waals surface area contributed by atoms with Crippen LogP contribution < -0.4 is 10.1 Å². The van der Waals surface area contributed by atoms with Crippen molar-refractivity contribution in [1.29, 1.82) is 0 Å². The van der Waals surface area contributed by atoms with E-state index in [1.54, 1.807) is 7.11 Å². The summed E-state index contributed by atoms with van der Waals surface area (Å²) in [4.78, 5) is 4.32. The van der Waals surface area contributed by atoms with Crippen LogP contribution in [0, 0.1) is 6.92 Å². The van der Waals surface area contributed by atoms with Crippen LogP contribution in [0.15, 0.2) is 53.4 Å². The number of nitrogens with one attached hydrogen (secondary N) is 1. The number of aromatic nitrogens is 3. The Labute approximate surface area is 143 Å². The van der Waals surface area contributed by atoms with Crippen molar-refractivity contribution in [1.82, 2.24) is 14.8 Å². The minimum atomic E-state index is 0.688. The zero-order valence-electron chi connectivity index (χ0n) is 13.0. The maximum atomic E-state index is 5.17. The third-order valence-corrected chi connectivity index (χ3v) is 4.30. The van der Waals surface area contributed by atoms with Gasteiger partial charge in [0.05, 0.1) is 36.6 Å². The fourth-order valence-electron chi connectivity index (χ4n) is 2.13. The number of rotatable bonds is 5. The van der Waals surface area contributed by atoms with E-state index in [9.17, 15) is 0 Å². The minimum Gasteiger partial charge on any atom is -0.497 e. The van der Waals surface area contributed by atoms with Crippen molar-refractivity contribution in [2.24, 2.45) is 0 Å². The molecule has 0 saturated heterocycles. The molecule has 3 rings (SSSR count). The average molecular weight is 373 g/mol. The standard InChI is InChI=1S/C17H17BrN4O/c1-12-17(18)7-14(10-19-12)20-8-13-9-21-22(11-13)15-3-5-16(23-2)6-4-15/h3-7,9-11,20H,8H2,1-2H3. The van der Waals surface area contributed by atoms with Crippen molar-refractivity contribution in [3.63, 3.8) is 0 Å². The summed E-state index contributed by atoms with van der Waals surface area (Å²) in [7, 11) is 1.66. The van der Waals surface area contributed by atoms with Crippen LogP contribution in [0.4, 0.5) is 5.69 Å². The molecule has 118 valence electrons. The third-order valence-electron chi connectivity index (χ3n) is 3.49. The molecule has 2 aromatic heterocycles. The van der Waals surface area contributed by atoms with Gasteiger partial charge in [0.2, 0.25) is 0 Å². The molecule has 3 aromatic rings. The number of halogens is 1. The van der Waals surface area contributed by atoms with Gasteiger partial charge in [0.25, 0.3) is 0 Å². The predicted octanol–water partition coefficient (Wildman–Crippen LogP) is 3.96. The second kappa shape index (κ2) is 6.83. The first-order valence-corrected chi connectivity index (χ1v) is 7.99.